The minimum absolute atomic E-state index is 0.150. The van der Waals surface area contributed by atoms with Crippen molar-refractivity contribution in [2.75, 3.05) is 7.05 Å². The van der Waals surface area contributed by atoms with Crippen LogP contribution in [0.15, 0.2) is 36.7 Å². The fraction of sp³-hybridized carbons (Fsp3) is 0.167. The molecule has 4 nitrogen and oxygen atoms in total. The Morgan fingerprint density at radius 3 is 3.00 bits per heavy atom. The number of nitrogens with zero attached hydrogens (tertiary/aromatic N) is 2. The molecule has 0 aliphatic carbocycles. The predicted octanol–water partition coefficient (Wildman–Crippen LogP) is 1.82. The second-order valence-corrected chi connectivity index (χ2v) is 3.78. The molecule has 0 saturated heterocycles. The Kier molecular flexibility index (Phi) is 3.18. The van der Waals surface area contributed by atoms with Gasteiger partial charge in [0.1, 0.15) is 5.82 Å². The van der Waals surface area contributed by atoms with E-state index in [0.717, 1.165) is 5.56 Å². The van der Waals surface area contributed by atoms with E-state index in [1.165, 1.54) is 29.4 Å². The van der Waals surface area contributed by atoms with Crippen LogP contribution >= 0.6 is 0 Å². The molecule has 0 saturated carbocycles. The molecule has 0 bridgehead atoms. The normalized spacial score (nSPS) is 10.2. The molecule has 1 heterocycles. The number of carbonyl (C=O) groups excluding carboxylic acids is 1. The van der Waals surface area contributed by atoms with E-state index in [4.69, 9.17) is 0 Å². The van der Waals surface area contributed by atoms with Gasteiger partial charge in [-0.2, -0.15) is 5.10 Å². The summed E-state index contributed by atoms with van der Waals surface area (Å²) in [5, 5.41) is 6.30. The standard InChI is InChI=1S/C12H12FN3O/c1-16(12(17)10-6-14-15-7-10)8-9-3-2-4-11(13)5-9/h2-7H,8H2,1H3,(H,14,15). The van der Waals surface area contributed by atoms with E-state index in [1.54, 1.807) is 19.2 Å². The number of benzene rings is 1. The number of hydrogen-bond donors (Lipinski definition) is 1. The molecule has 0 aliphatic rings. The third kappa shape index (κ3) is 2.69. The van der Waals surface area contributed by atoms with Crippen LogP contribution < -0.4 is 0 Å². The van der Waals surface area contributed by atoms with Crippen molar-refractivity contribution in [1.82, 2.24) is 15.1 Å². The van der Waals surface area contributed by atoms with Crippen LogP contribution in [0, 0.1) is 5.82 Å². The van der Waals surface area contributed by atoms with Crippen molar-refractivity contribution >= 4 is 5.91 Å². The van der Waals surface area contributed by atoms with Crippen molar-refractivity contribution in [2.45, 2.75) is 6.54 Å². The first kappa shape index (κ1) is 11.3. The monoisotopic (exact) mass is 233 g/mol. The average molecular weight is 233 g/mol. The molecule has 0 atom stereocenters. The van der Waals surface area contributed by atoms with E-state index in [0.29, 0.717) is 12.1 Å². The molecule has 88 valence electrons. The second-order valence-electron chi connectivity index (χ2n) is 3.78. The zero-order chi connectivity index (χ0) is 12.3. The SMILES string of the molecule is CN(Cc1cccc(F)c1)C(=O)c1cn[nH]c1. The molecule has 1 amide bonds. The predicted molar refractivity (Wildman–Crippen MR) is 60.8 cm³/mol. The highest BCUT2D eigenvalue weighted by Crippen LogP contribution is 2.08. The van der Waals surface area contributed by atoms with Crippen LogP contribution in [0.1, 0.15) is 15.9 Å². The van der Waals surface area contributed by atoms with Gasteiger partial charge in [0.15, 0.2) is 0 Å². The van der Waals surface area contributed by atoms with E-state index >= 15 is 0 Å². The molecule has 5 heteroatoms. The maximum absolute atomic E-state index is 13.0. The number of carbonyl (C=O) groups is 1. The lowest BCUT2D eigenvalue weighted by Gasteiger charge is -2.16. The zero-order valence-electron chi connectivity index (χ0n) is 9.35. The van der Waals surface area contributed by atoms with Crippen LogP contribution in [0.4, 0.5) is 4.39 Å². The van der Waals surface area contributed by atoms with E-state index in [2.05, 4.69) is 10.2 Å². The zero-order valence-corrected chi connectivity index (χ0v) is 9.35. The smallest absolute Gasteiger partial charge is 0.257 e. The fourth-order valence-electron chi connectivity index (χ4n) is 1.57. The van der Waals surface area contributed by atoms with Crippen molar-refractivity contribution in [2.24, 2.45) is 0 Å². The van der Waals surface area contributed by atoms with Gasteiger partial charge in [-0.15, -0.1) is 0 Å². The minimum Gasteiger partial charge on any atom is -0.337 e. The van der Waals surface area contributed by atoms with E-state index < -0.39 is 0 Å². The van der Waals surface area contributed by atoms with Crippen LogP contribution in [0.2, 0.25) is 0 Å². The molecular formula is C12H12FN3O. The van der Waals surface area contributed by atoms with Crippen molar-refractivity contribution in [1.29, 1.82) is 0 Å². The number of H-pyrrole nitrogens is 1. The summed E-state index contributed by atoms with van der Waals surface area (Å²) < 4.78 is 13.0. The Morgan fingerprint density at radius 1 is 1.53 bits per heavy atom. The largest absolute Gasteiger partial charge is 0.337 e. The Morgan fingerprint density at radius 2 is 2.35 bits per heavy atom. The highest BCUT2D eigenvalue weighted by molar-refractivity contribution is 5.93. The number of hydrogen-bond acceptors (Lipinski definition) is 2. The number of aromatic amines is 1. The van der Waals surface area contributed by atoms with Gasteiger partial charge in [-0.1, -0.05) is 12.1 Å². The number of aromatic nitrogens is 2. The van der Waals surface area contributed by atoms with Crippen molar-refractivity contribution in [3.63, 3.8) is 0 Å². The van der Waals surface area contributed by atoms with Crippen LogP contribution in [0.25, 0.3) is 0 Å². The van der Waals surface area contributed by atoms with Gasteiger partial charge in [0.2, 0.25) is 0 Å². The number of nitrogens with one attached hydrogen (secondary N) is 1. The van der Waals surface area contributed by atoms with Crippen LogP contribution in [0.5, 0.6) is 0 Å². The lowest BCUT2D eigenvalue weighted by molar-refractivity contribution is 0.0785. The Bertz CT molecular complexity index is 510. The van der Waals surface area contributed by atoms with E-state index in [-0.39, 0.29) is 11.7 Å². The fourth-order valence-corrected chi connectivity index (χ4v) is 1.57. The van der Waals surface area contributed by atoms with Gasteiger partial charge >= 0.3 is 0 Å². The summed E-state index contributed by atoms with van der Waals surface area (Å²) in [7, 11) is 1.67. The van der Waals surface area contributed by atoms with Crippen LogP contribution in [-0.4, -0.2) is 28.1 Å². The van der Waals surface area contributed by atoms with E-state index in [1.807, 2.05) is 0 Å². The highest BCUT2D eigenvalue weighted by atomic mass is 19.1. The lowest BCUT2D eigenvalue weighted by atomic mass is 10.2. The quantitative estimate of drug-likeness (QED) is 0.879. The first-order valence-corrected chi connectivity index (χ1v) is 5.15. The third-order valence-electron chi connectivity index (χ3n) is 2.40. The first-order valence-electron chi connectivity index (χ1n) is 5.15. The summed E-state index contributed by atoms with van der Waals surface area (Å²) in [6, 6.07) is 6.20. The van der Waals surface area contributed by atoms with Gasteiger partial charge in [0.25, 0.3) is 5.91 Å². The molecule has 1 aromatic heterocycles. The molecule has 2 rings (SSSR count). The summed E-state index contributed by atoms with van der Waals surface area (Å²) >= 11 is 0. The van der Waals surface area contributed by atoms with Crippen LogP contribution in [-0.2, 0) is 6.54 Å². The molecule has 2 aromatic rings. The van der Waals surface area contributed by atoms with Crippen molar-refractivity contribution < 1.29 is 9.18 Å². The molecule has 17 heavy (non-hydrogen) atoms. The van der Waals surface area contributed by atoms with Crippen LogP contribution in [0.3, 0.4) is 0 Å². The van der Waals surface area contributed by atoms with Gasteiger partial charge < -0.3 is 4.90 Å². The molecule has 1 N–H and O–H groups in total. The summed E-state index contributed by atoms with van der Waals surface area (Å²) in [5.74, 6) is -0.449. The molecule has 0 spiro atoms. The molecule has 0 fully saturated rings. The maximum atomic E-state index is 13.0. The lowest BCUT2D eigenvalue weighted by Crippen LogP contribution is -2.25. The van der Waals surface area contributed by atoms with Gasteiger partial charge in [-0.25, -0.2) is 4.39 Å². The Hall–Kier alpha value is -2.17. The van der Waals surface area contributed by atoms with E-state index in [9.17, 15) is 9.18 Å². The summed E-state index contributed by atoms with van der Waals surface area (Å²) in [5.41, 5.74) is 1.24. The van der Waals surface area contributed by atoms with Gasteiger partial charge in [0, 0.05) is 19.8 Å². The summed E-state index contributed by atoms with van der Waals surface area (Å²) in [6.45, 7) is 0.363. The second kappa shape index (κ2) is 4.78. The Balaban J connectivity index is 2.07. The molecule has 0 unspecified atom stereocenters. The summed E-state index contributed by atoms with van der Waals surface area (Å²) in [6.07, 6.45) is 2.99. The molecule has 0 aliphatic heterocycles. The average Bonchev–Trinajstić information content (AvgIpc) is 2.81. The number of rotatable bonds is 3. The molecule has 0 radical (unpaired) electrons. The van der Waals surface area contributed by atoms with Gasteiger partial charge in [-0.05, 0) is 17.7 Å². The first-order chi connectivity index (χ1) is 8.16. The number of amides is 1. The van der Waals surface area contributed by atoms with Crippen molar-refractivity contribution in [3.8, 4) is 0 Å². The van der Waals surface area contributed by atoms with Gasteiger partial charge in [-0.3, -0.25) is 9.89 Å². The Labute approximate surface area is 98.1 Å². The summed E-state index contributed by atoms with van der Waals surface area (Å²) in [4.78, 5) is 13.4. The molecule has 1 aromatic carbocycles. The maximum Gasteiger partial charge on any atom is 0.257 e. The molecular weight excluding hydrogens is 221 g/mol. The minimum atomic E-state index is -0.299. The highest BCUT2D eigenvalue weighted by Gasteiger charge is 2.12. The van der Waals surface area contributed by atoms with Gasteiger partial charge in [0.05, 0.1) is 11.8 Å². The topological polar surface area (TPSA) is 49.0 Å². The van der Waals surface area contributed by atoms with Crippen molar-refractivity contribution in [3.05, 3.63) is 53.6 Å². The number of halogens is 1. The third-order valence-corrected chi connectivity index (χ3v) is 2.40.